The molecule has 0 bridgehead atoms. The zero-order chi connectivity index (χ0) is 23.0. The Kier molecular flexibility index (Phi) is 6.13. The van der Waals surface area contributed by atoms with Crippen LogP contribution < -0.4 is 5.56 Å². The minimum atomic E-state index is -0.187. The number of hydrogen-bond donors (Lipinski definition) is 0. The number of aromatic nitrogens is 3. The summed E-state index contributed by atoms with van der Waals surface area (Å²) in [6, 6.07) is 11.9. The number of carbonyl (C=O) groups is 1. The molecule has 7 heteroatoms. The number of carbonyl (C=O) groups excluding carboxylic acids is 1. The highest BCUT2D eigenvalue weighted by Crippen LogP contribution is 2.35. The van der Waals surface area contributed by atoms with E-state index >= 15 is 0 Å². The summed E-state index contributed by atoms with van der Waals surface area (Å²) in [7, 11) is 1.67. The van der Waals surface area contributed by atoms with E-state index in [1.807, 2.05) is 57.2 Å². The molecule has 1 atom stereocenters. The van der Waals surface area contributed by atoms with E-state index in [1.54, 1.807) is 7.11 Å². The van der Waals surface area contributed by atoms with E-state index in [-0.39, 0.29) is 23.9 Å². The summed E-state index contributed by atoms with van der Waals surface area (Å²) in [5.74, 6) is -0.106. The molecule has 0 amide bonds. The second-order valence-corrected chi connectivity index (χ2v) is 9.34. The molecule has 0 spiro atoms. The van der Waals surface area contributed by atoms with Crippen LogP contribution in [-0.4, -0.2) is 33.6 Å². The quantitative estimate of drug-likeness (QED) is 0.375. The zero-order valence-electron chi connectivity index (χ0n) is 19.0. The van der Waals surface area contributed by atoms with Crippen LogP contribution in [0.3, 0.4) is 0 Å². The summed E-state index contributed by atoms with van der Waals surface area (Å²) in [5, 5.41) is 0.577. The van der Waals surface area contributed by atoms with Gasteiger partial charge in [0.15, 0.2) is 5.78 Å². The molecular weight excluding hydrogens is 422 g/mol. The molecule has 1 aromatic carbocycles. The van der Waals surface area contributed by atoms with Crippen molar-refractivity contribution in [2.75, 3.05) is 13.7 Å². The number of hydrogen-bond acceptors (Lipinski definition) is 5. The Balaban J connectivity index is 1.73. The van der Waals surface area contributed by atoms with Crippen LogP contribution in [0.25, 0.3) is 21.3 Å². The highest BCUT2D eigenvalue weighted by Gasteiger charge is 2.21. The van der Waals surface area contributed by atoms with E-state index < -0.39 is 0 Å². The van der Waals surface area contributed by atoms with Crippen molar-refractivity contribution in [1.29, 1.82) is 0 Å². The molecule has 0 unspecified atom stereocenters. The van der Waals surface area contributed by atoms with Gasteiger partial charge in [0.05, 0.1) is 30.9 Å². The predicted molar refractivity (Wildman–Crippen MR) is 129 cm³/mol. The van der Waals surface area contributed by atoms with Crippen molar-refractivity contribution >= 4 is 27.3 Å². The van der Waals surface area contributed by atoms with Gasteiger partial charge >= 0.3 is 0 Å². The van der Waals surface area contributed by atoms with Crippen LogP contribution in [0.1, 0.15) is 39.6 Å². The van der Waals surface area contributed by atoms with E-state index in [4.69, 9.17) is 4.74 Å². The van der Waals surface area contributed by atoms with Crippen LogP contribution in [0, 0.1) is 20.8 Å². The third kappa shape index (κ3) is 3.82. The fourth-order valence-electron chi connectivity index (χ4n) is 4.50. The standard InChI is InChI=1S/C25H27N3O3S/c1-15-11-20(17(3)28(15)16(2)13-31-5)21(29)12-27-14-26-24-23(25(27)30)22(18(4)32-24)19-9-7-6-8-10-19/h6-11,14,16H,12-13H2,1-5H3/t16-/m0/s1. The molecule has 32 heavy (non-hydrogen) atoms. The summed E-state index contributed by atoms with van der Waals surface area (Å²) < 4.78 is 8.81. The number of methoxy groups -OCH3 is 1. The lowest BCUT2D eigenvalue weighted by atomic mass is 10.0. The molecule has 3 aromatic heterocycles. The Morgan fingerprint density at radius 1 is 1.19 bits per heavy atom. The van der Waals surface area contributed by atoms with E-state index in [0.29, 0.717) is 22.4 Å². The largest absolute Gasteiger partial charge is 0.383 e. The van der Waals surface area contributed by atoms with Gasteiger partial charge in [-0.1, -0.05) is 30.3 Å². The molecule has 4 aromatic rings. The number of thiophene rings is 1. The first-order valence-corrected chi connectivity index (χ1v) is 11.4. The summed E-state index contributed by atoms with van der Waals surface area (Å²) in [4.78, 5) is 32.8. The van der Waals surface area contributed by atoms with E-state index in [1.165, 1.54) is 22.2 Å². The second-order valence-electron chi connectivity index (χ2n) is 8.14. The zero-order valence-corrected chi connectivity index (χ0v) is 19.8. The van der Waals surface area contributed by atoms with E-state index in [2.05, 4.69) is 16.5 Å². The maximum absolute atomic E-state index is 13.4. The van der Waals surface area contributed by atoms with Gasteiger partial charge in [-0.3, -0.25) is 14.2 Å². The van der Waals surface area contributed by atoms with Gasteiger partial charge in [0.25, 0.3) is 5.56 Å². The van der Waals surface area contributed by atoms with Gasteiger partial charge in [0, 0.05) is 34.5 Å². The van der Waals surface area contributed by atoms with Gasteiger partial charge in [-0.05, 0) is 39.3 Å². The van der Waals surface area contributed by atoms with Crippen LogP contribution in [0.4, 0.5) is 0 Å². The van der Waals surface area contributed by atoms with Crippen molar-refractivity contribution < 1.29 is 9.53 Å². The Hall–Kier alpha value is -3.03. The van der Waals surface area contributed by atoms with Gasteiger partial charge in [-0.25, -0.2) is 4.98 Å². The number of Topliss-reactive ketones (excluding diaryl/α,β-unsaturated/α-hetero) is 1. The van der Waals surface area contributed by atoms with Gasteiger partial charge in [0.2, 0.25) is 0 Å². The Labute approximate surface area is 191 Å². The number of benzene rings is 1. The number of aryl methyl sites for hydroxylation is 2. The Bertz CT molecular complexity index is 1350. The van der Waals surface area contributed by atoms with Crippen molar-refractivity contribution in [2.24, 2.45) is 0 Å². The molecule has 0 saturated carbocycles. The van der Waals surface area contributed by atoms with Crippen LogP contribution in [0.15, 0.2) is 47.5 Å². The SMILES string of the molecule is COC[C@H](C)n1c(C)cc(C(=O)Cn2cnc3sc(C)c(-c4ccccc4)c3c2=O)c1C. The number of nitrogens with zero attached hydrogens (tertiary/aromatic N) is 3. The Morgan fingerprint density at radius 3 is 2.59 bits per heavy atom. The summed E-state index contributed by atoms with van der Waals surface area (Å²) in [5.41, 5.74) is 4.20. The number of rotatable bonds is 7. The highest BCUT2D eigenvalue weighted by molar-refractivity contribution is 7.19. The average molecular weight is 450 g/mol. The predicted octanol–water partition coefficient (Wildman–Crippen LogP) is 4.94. The molecule has 0 fully saturated rings. The monoisotopic (exact) mass is 449 g/mol. The summed E-state index contributed by atoms with van der Waals surface area (Å²) in [6.07, 6.45) is 1.49. The maximum atomic E-state index is 13.4. The molecule has 166 valence electrons. The first-order valence-electron chi connectivity index (χ1n) is 10.6. The molecule has 6 nitrogen and oxygen atoms in total. The molecule has 0 radical (unpaired) electrons. The average Bonchev–Trinajstić information content (AvgIpc) is 3.26. The summed E-state index contributed by atoms with van der Waals surface area (Å²) >= 11 is 1.50. The van der Waals surface area contributed by atoms with Crippen molar-refractivity contribution in [1.82, 2.24) is 14.1 Å². The molecule has 0 saturated heterocycles. The van der Waals surface area contributed by atoms with Crippen molar-refractivity contribution in [3.8, 4) is 11.1 Å². The second kappa shape index (κ2) is 8.84. The van der Waals surface area contributed by atoms with Crippen LogP contribution in [0.2, 0.25) is 0 Å². The van der Waals surface area contributed by atoms with Crippen molar-refractivity contribution in [3.63, 3.8) is 0 Å². The van der Waals surface area contributed by atoms with Crippen LogP contribution >= 0.6 is 11.3 Å². The number of ether oxygens (including phenoxy) is 1. The topological polar surface area (TPSA) is 66.1 Å². The third-order valence-electron chi connectivity index (χ3n) is 5.86. The van der Waals surface area contributed by atoms with E-state index in [9.17, 15) is 9.59 Å². The van der Waals surface area contributed by atoms with Gasteiger partial charge in [-0.15, -0.1) is 11.3 Å². The molecule has 3 heterocycles. The molecule has 0 aliphatic heterocycles. The first kappa shape index (κ1) is 22.2. The summed E-state index contributed by atoms with van der Waals surface area (Å²) in [6.45, 7) is 8.49. The molecule has 0 aliphatic carbocycles. The van der Waals surface area contributed by atoms with Gasteiger partial charge in [-0.2, -0.15) is 0 Å². The molecular formula is C25H27N3O3S. The minimum Gasteiger partial charge on any atom is -0.383 e. The molecule has 0 N–H and O–H groups in total. The number of fused-ring (bicyclic) bond motifs is 1. The minimum absolute atomic E-state index is 0.0478. The molecule has 4 rings (SSSR count). The highest BCUT2D eigenvalue weighted by atomic mass is 32.1. The lowest BCUT2D eigenvalue weighted by Gasteiger charge is -2.17. The third-order valence-corrected chi connectivity index (χ3v) is 6.88. The van der Waals surface area contributed by atoms with Gasteiger partial charge in [0.1, 0.15) is 4.83 Å². The fourth-order valence-corrected chi connectivity index (χ4v) is 5.50. The fraction of sp³-hybridized carbons (Fsp3) is 0.320. The maximum Gasteiger partial charge on any atom is 0.263 e. The van der Waals surface area contributed by atoms with Gasteiger partial charge < -0.3 is 9.30 Å². The van der Waals surface area contributed by atoms with E-state index in [0.717, 1.165) is 27.4 Å². The number of ketones is 1. The van der Waals surface area contributed by atoms with Crippen LogP contribution in [-0.2, 0) is 11.3 Å². The van der Waals surface area contributed by atoms with Crippen molar-refractivity contribution in [3.05, 3.63) is 74.9 Å². The smallest absolute Gasteiger partial charge is 0.263 e. The lowest BCUT2D eigenvalue weighted by Crippen LogP contribution is -2.25. The van der Waals surface area contributed by atoms with Crippen molar-refractivity contribution in [2.45, 2.75) is 40.3 Å². The lowest BCUT2D eigenvalue weighted by molar-refractivity contribution is 0.0969. The van der Waals surface area contributed by atoms with Crippen LogP contribution in [0.5, 0.6) is 0 Å². The first-order chi connectivity index (χ1) is 15.3. The normalized spacial score (nSPS) is 12.4. The Morgan fingerprint density at radius 2 is 1.91 bits per heavy atom. The molecule has 0 aliphatic rings.